The van der Waals surface area contributed by atoms with Gasteiger partial charge in [-0.3, -0.25) is 4.79 Å². The Morgan fingerprint density at radius 3 is 2.50 bits per heavy atom. The Bertz CT molecular complexity index is 697. The number of nitrogens with one attached hydrogen (secondary N) is 1. The molecule has 4 nitrogen and oxygen atoms in total. The van der Waals surface area contributed by atoms with E-state index in [1.165, 1.54) is 31.2 Å². The highest BCUT2D eigenvalue weighted by molar-refractivity contribution is 5.93. The standard InChI is InChI=1S/C22H28N2O2/c25-21(19-10-15-26-17-19)24-13-8-20(9-14-24)23-22(11-4-5-12-22)16-18-6-2-1-3-7-18/h1-3,6-7,10,15,17,20,23H,4-5,8-9,11-14,16H2. The third kappa shape index (κ3) is 3.85. The zero-order valence-corrected chi connectivity index (χ0v) is 15.3. The monoisotopic (exact) mass is 352 g/mol. The van der Waals surface area contributed by atoms with E-state index in [2.05, 4.69) is 35.6 Å². The van der Waals surface area contributed by atoms with E-state index < -0.39 is 0 Å². The van der Waals surface area contributed by atoms with Crippen LogP contribution in [0.25, 0.3) is 0 Å². The van der Waals surface area contributed by atoms with Crippen molar-refractivity contribution in [2.75, 3.05) is 13.1 Å². The number of rotatable bonds is 5. The minimum absolute atomic E-state index is 0.0945. The summed E-state index contributed by atoms with van der Waals surface area (Å²) in [5.41, 5.74) is 2.32. The average Bonchev–Trinajstić information content (AvgIpc) is 3.35. The number of amides is 1. The lowest BCUT2D eigenvalue weighted by Gasteiger charge is -2.39. The summed E-state index contributed by atoms with van der Waals surface area (Å²) in [5.74, 6) is 0.0945. The SMILES string of the molecule is O=C(c1ccoc1)N1CCC(NC2(Cc3ccccc3)CCCC2)CC1. The van der Waals surface area contributed by atoms with Crippen molar-refractivity contribution in [3.8, 4) is 0 Å². The quantitative estimate of drug-likeness (QED) is 0.884. The van der Waals surface area contributed by atoms with Crippen molar-refractivity contribution in [3.05, 3.63) is 60.1 Å². The van der Waals surface area contributed by atoms with Crippen LogP contribution >= 0.6 is 0 Å². The lowest BCUT2D eigenvalue weighted by atomic mass is 9.87. The molecule has 1 aliphatic heterocycles. The summed E-state index contributed by atoms with van der Waals surface area (Å²) in [4.78, 5) is 14.4. The van der Waals surface area contributed by atoms with Gasteiger partial charge in [-0.2, -0.15) is 0 Å². The van der Waals surface area contributed by atoms with Gasteiger partial charge in [-0.15, -0.1) is 0 Å². The van der Waals surface area contributed by atoms with Crippen LogP contribution in [-0.2, 0) is 6.42 Å². The van der Waals surface area contributed by atoms with Crippen LogP contribution in [-0.4, -0.2) is 35.5 Å². The fourth-order valence-electron chi connectivity index (χ4n) is 4.64. The maximum absolute atomic E-state index is 12.5. The Morgan fingerprint density at radius 2 is 1.85 bits per heavy atom. The first-order valence-corrected chi connectivity index (χ1v) is 9.87. The van der Waals surface area contributed by atoms with Gasteiger partial charge in [0, 0.05) is 24.7 Å². The van der Waals surface area contributed by atoms with Crippen LogP contribution in [0.15, 0.2) is 53.3 Å². The van der Waals surface area contributed by atoms with Gasteiger partial charge in [0.2, 0.25) is 0 Å². The van der Waals surface area contributed by atoms with Gasteiger partial charge in [-0.1, -0.05) is 43.2 Å². The van der Waals surface area contributed by atoms with Crippen LogP contribution in [0.4, 0.5) is 0 Å². The Labute approximate surface area is 155 Å². The van der Waals surface area contributed by atoms with E-state index in [4.69, 9.17) is 4.42 Å². The van der Waals surface area contributed by atoms with Crippen LogP contribution in [0.3, 0.4) is 0 Å². The molecular weight excluding hydrogens is 324 g/mol. The molecule has 1 aromatic heterocycles. The summed E-state index contributed by atoms with van der Waals surface area (Å²) in [6.45, 7) is 1.65. The van der Waals surface area contributed by atoms with Gasteiger partial charge < -0.3 is 14.6 Å². The van der Waals surface area contributed by atoms with Gasteiger partial charge in [-0.05, 0) is 43.7 Å². The average molecular weight is 352 g/mol. The minimum Gasteiger partial charge on any atom is -0.472 e. The van der Waals surface area contributed by atoms with Crippen LogP contribution in [0.1, 0.15) is 54.4 Å². The lowest BCUT2D eigenvalue weighted by molar-refractivity contribution is 0.0692. The minimum atomic E-state index is 0.0945. The fourth-order valence-corrected chi connectivity index (χ4v) is 4.64. The number of carbonyl (C=O) groups excluding carboxylic acids is 1. The van der Waals surface area contributed by atoms with Crippen molar-refractivity contribution < 1.29 is 9.21 Å². The maximum Gasteiger partial charge on any atom is 0.257 e. The first-order valence-electron chi connectivity index (χ1n) is 9.87. The topological polar surface area (TPSA) is 45.5 Å². The number of hydrogen-bond donors (Lipinski definition) is 1. The Balaban J connectivity index is 1.35. The number of benzene rings is 1. The predicted molar refractivity (Wildman–Crippen MR) is 102 cm³/mol. The molecule has 1 amide bonds. The first kappa shape index (κ1) is 17.3. The van der Waals surface area contributed by atoms with Crippen molar-refractivity contribution in [1.29, 1.82) is 0 Å². The van der Waals surface area contributed by atoms with Gasteiger partial charge in [0.1, 0.15) is 6.26 Å². The van der Waals surface area contributed by atoms with E-state index >= 15 is 0 Å². The van der Waals surface area contributed by atoms with Gasteiger partial charge in [-0.25, -0.2) is 0 Å². The molecule has 2 fully saturated rings. The fraction of sp³-hybridized carbons (Fsp3) is 0.500. The molecule has 1 N–H and O–H groups in total. The molecule has 26 heavy (non-hydrogen) atoms. The predicted octanol–water partition coefficient (Wildman–Crippen LogP) is 4.03. The number of furan rings is 1. The van der Waals surface area contributed by atoms with Crippen LogP contribution in [0.5, 0.6) is 0 Å². The summed E-state index contributed by atoms with van der Waals surface area (Å²) in [6.07, 6.45) is 11.4. The molecule has 2 aliphatic rings. The molecule has 1 aliphatic carbocycles. The second-order valence-electron chi connectivity index (χ2n) is 7.87. The largest absolute Gasteiger partial charge is 0.472 e. The summed E-state index contributed by atoms with van der Waals surface area (Å²) in [5, 5.41) is 4.02. The van der Waals surface area contributed by atoms with E-state index in [0.29, 0.717) is 11.6 Å². The van der Waals surface area contributed by atoms with Crippen LogP contribution in [0.2, 0.25) is 0 Å². The Hall–Kier alpha value is -2.07. The third-order valence-corrected chi connectivity index (χ3v) is 6.01. The molecule has 0 bridgehead atoms. The van der Waals surface area contributed by atoms with Crippen molar-refractivity contribution in [3.63, 3.8) is 0 Å². The number of piperidine rings is 1. The first-order chi connectivity index (χ1) is 12.7. The molecule has 0 unspecified atom stereocenters. The molecule has 4 heteroatoms. The van der Waals surface area contributed by atoms with Gasteiger partial charge >= 0.3 is 0 Å². The lowest BCUT2D eigenvalue weighted by Crippen LogP contribution is -2.54. The van der Waals surface area contributed by atoms with E-state index in [1.807, 2.05) is 4.90 Å². The highest BCUT2D eigenvalue weighted by atomic mass is 16.3. The molecule has 2 aromatic rings. The number of carbonyl (C=O) groups is 1. The van der Waals surface area contributed by atoms with E-state index in [0.717, 1.165) is 32.4 Å². The molecular formula is C22H28N2O2. The summed E-state index contributed by atoms with van der Waals surface area (Å²) >= 11 is 0. The summed E-state index contributed by atoms with van der Waals surface area (Å²) in [7, 11) is 0. The molecule has 1 saturated carbocycles. The molecule has 0 radical (unpaired) electrons. The van der Waals surface area contributed by atoms with Crippen molar-refractivity contribution in [1.82, 2.24) is 10.2 Å². The third-order valence-electron chi connectivity index (χ3n) is 6.01. The molecule has 138 valence electrons. The molecule has 1 aromatic carbocycles. The summed E-state index contributed by atoms with van der Waals surface area (Å²) in [6, 6.07) is 13.1. The second-order valence-corrected chi connectivity index (χ2v) is 7.87. The van der Waals surface area contributed by atoms with Crippen LogP contribution < -0.4 is 5.32 Å². The Morgan fingerprint density at radius 1 is 1.12 bits per heavy atom. The molecule has 0 spiro atoms. The van der Waals surface area contributed by atoms with Crippen molar-refractivity contribution in [2.24, 2.45) is 0 Å². The zero-order valence-electron chi connectivity index (χ0n) is 15.3. The number of hydrogen-bond acceptors (Lipinski definition) is 3. The second kappa shape index (κ2) is 7.67. The van der Waals surface area contributed by atoms with Gasteiger partial charge in [0.05, 0.1) is 11.8 Å². The van der Waals surface area contributed by atoms with E-state index in [9.17, 15) is 4.79 Å². The highest BCUT2D eigenvalue weighted by Crippen LogP contribution is 2.34. The molecule has 4 rings (SSSR count). The van der Waals surface area contributed by atoms with Crippen molar-refractivity contribution >= 4 is 5.91 Å². The molecule has 1 saturated heterocycles. The zero-order chi connectivity index (χ0) is 17.8. The highest BCUT2D eigenvalue weighted by Gasteiger charge is 2.36. The Kier molecular flexibility index (Phi) is 5.11. The normalized spacial score (nSPS) is 20.4. The van der Waals surface area contributed by atoms with E-state index in [1.54, 1.807) is 18.6 Å². The van der Waals surface area contributed by atoms with E-state index in [-0.39, 0.29) is 11.4 Å². The molecule has 2 heterocycles. The van der Waals surface area contributed by atoms with Crippen LogP contribution in [0, 0.1) is 0 Å². The van der Waals surface area contributed by atoms with Crippen molar-refractivity contribution in [2.45, 2.75) is 56.5 Å². The smallest absolute Gasteiger partial charge is 0.257 e. The van der Waals surface area contributed by atoms with Gasteiger partial charge in [0.15, 0.2) is 0 Å². The number of likely N-dealkylation sites (tertiary alicyclic amines) is 1. The summed E-state index contributed by atoms with van der Waals surface area (Å²) < 4.78 is 5.05. The molecule has 0 atom stereocenters. The van der Waals surface area contributed by atoms with Gasteiger partial charge in [0.25, 0.3) is 5.91 Å². The maximum atomic E-state index is 12.5. The number of nitrogens with zero attached hydrogens (tertiary/aromatic N) is 1.